The van der Waals surface area contributed by atoms with Gasteiger partial charge in [0.1, 0.15) is 11.5 Å². The number of hydrogen-bond acceptors (Lipinski definition) is 6. The fourth-order valence-corrected chi connectivity index (χ4v) is 4.25. The zero-order valence-electron chi connectivity index (χ0n) is 18.0. The van der Waals surface area contributed by atoms with E-state index in [1.807, 2.05) is 4.90 Å². The molecule has 10 heteroatoms. The van der Waals surface area contributed by atoms with E-state index in [4.69, 9.17) is 4.74 Å². The van der Waals surface area contributed by atoms with E-state index in [-0.39, 0.29) is 30.0 Å². The van der Waals surface area contributed by atoms with Crippen LogP contribution in [-0.4, -0.2) is 55.4 Å². The van der Waals surface area contributed by atoms with Crippen LogP contribution < -0.4 is 19.7 Å². The van der Waals surface area contributed by atoms with Crippen molar-refractivity contribution < 1.29 is 32.2 Å². The second-order valence-corrected chi connectivity index (χ2v) is 8.01. The summed E-state index contributed by atoms with van der Waals surface area (Å²) in [5.41, 5.74) is 1.23. The normalized spacial score (nSPS) is 20.2. The average molecular weight is 463 g/mol. The van der Waals surface area contributed by atoms with Crippen molar-refractivity contribution in [3.63, 3.8) is 0 Å². The molecule has 2 amide bonds. The first kappa shape index (κ1) is 22.9. The highest BCUT2D eigenvalue weighted by atomic mass is 19.4. The van der Waals surface area contributed by atoms with Gasteiger partial charge in [-0.1, -0.05) is 0 Å². The van der Waals surface area contributed by atoms with Gasteiger partial charge in [0.25, 0.3) is 5.91 Å². The van der Waals surface area contributed by atoms with Gasteiger partial charge in [0, 0.05) is 24.8 Å². The molecule has 2 aliphatic rings. The highest BCUT2D eigenvalue weighted by molar-refractivity contribution is 6.22. The minimum absolute atomic E-state index is 0.112. The van der Waals surface area contributed by atoms with Crippen molar-refractivity contribution in [2.24, 2.45) is 0 Å². The van der Waals surface area contributed by atoms with Crippen LogP contribution in [0.2, 0.25) is 0 Å². The maximum absolute atomic E-state index is 13.0. The van der Waals surface area contributed by atoms with Gasteiger partial charge < -0.3 is 14.8 Å². The highest BCUT2D eigenvalue weighted by Crippen LogP contribution is 2.30. The number of nitrogens with zero attached hydrogens (tertiary/aromatic N) is 2. The van der Waals surface area contributed by atoms with Crippen molar-refractivity contribution in [2.75, 3.05) is 30.4 Å². The Labute approximate surface area is 189 Å². The lowest BCUT2D eigenvalue weighted by Gasteiger charge is -2.35. The second kappa shape index (κ2) is 9.30. The standard InChI is InChI=1S/C23H24F3N3O4/c1-32-18-8-4-17(5-9-18)29-21(30)14-20(22(29)31)28-12-10-16(11-13-28)27-15-2-6-19(7-3-15)33-23(24,25)26/h2-9,16,20,27H,10-14H2,1H3. The van der Waals surface area contributed by atoms with Gasteiger partial charge in [-0.2, -0.15) is 0 Å². The molecule has 0 aromatic heterocycles. The molecule has 2 aromatic carbocycles. The summed E-state index contributed by atoms with van der Waals surface area (Å²) in [7, 11) is 1.55. The third-order valence-electron chi connectivity index (χ3n) is 5.88. The number of imide groups is 1. The van der Waals surface area contributed by atoms with Crippen LogP contribution in [0.5, 0.6) is 11.5 Å². The van der Waals surface area contributed by atoms with E-state index >= 15 is 0 Å². The lowest BCUT2D eigenvalue weighted by Crippen LogP contribution is -2.48. The zero-order chi connectivity index (χ0) is 23.6. The first-order chi connectivity index (χ1) is 15.7. The first-order valence-corrected chi connectivity index (χ1v) is 10.6. The third-order valence-corrected chi connectivity index (χ3v) is 5.88. The van der Waals surface area contributed by atoms with Gasteiger partial charge in [0.2, 0.25) is 5.91 Å². The van der Waals surface area contributed by atoms with Crippen LogP contribution in [0, 0.1) is 0 Å². The molecule has 0 bridgehead atoms. The molecule has 1 unspecified atom stereocenters. The van der Waals surface area contributed by atoms with E-state index in [9.17, 15) is 22.8 Å². The molecule has 2 aliphatic heterocycles. The Morgan fingerprint density at radius 3 is 2.12 bits per heavy atom. The minimum atomic E-state index is -4.72. The van der Waals surface area contributed by atoms with Gasteiger partial charge in [-0.15, -0.1) is 13.2 Å². The van der Waals surface area contributed by atoms with Gasteiger partial charge in [0.05, 0.1) is 25.3 Å². The number of carbonyl (C=O) groups is 2. The van der Waals surface area contributed by atoms with Crippen LogP contribution in [0.4, 0.5) is 24.5 Å². The molecule has 176 valence electrons. The molecule has 2 aromatic rings. The largest absolute Gasteiger partial charge is 0.573 e. The lowest BCUT2D eigenvalue weighted by atomic mass is 10.0. The van der Waals surface area contributed by atoms with E-state index < -0.39 is 12.4 Å². The van der Waals surface area contributed by atoms with E-state index in [2.05, 4.69) is 10.1 Å². The number of rotatable bonds is 6. The van der Waals surface area contributed by atoms with Crippen LogP contribution in [0.3, 0.4) is 0 Å². The fraction of sp³-hybridized carbons (Fsp3) is 0.391. The van der Waals surface area contributed by atoms with Crippen molar-refractivity contribution in [3.05, 3.63) is 48.5 Å². The number of ether oxygens (including phenoxy) is 2. The Hall–Kier alpha value is -3.27. The zero-order valence-corrected chi connectivity index (χ0v) is 18.0. The summed E-state index contributed by atoms with van der Waals surface area (Å²) in [6.07, 6.45) is -3.10. The summed E-state index contributed by atoms with van der Waals surface area (Å²) in [6.45, 7) is 1.26. The minimum Gasteiger partial charge on any atom is -0.497 e. The van der Waals surface area contributed by atoms with Gasteiger partial charge in [-0.05, 0) is 61.4 Å². The molecule has 0 radical (unpaired) electrons. The SMILES string of the molecule is COc1ccc(N2C(=O)CC(N3CCC(Nc4ccc(OC(F)(F)F)cc4)CC3)C2=O)cc1. The smallest absolute Gasteiger partial charge is 0.497 e. The summed E-state index contributed by atoms with van der Waals surface area (Å²) in [4.78, 5) is 28.8. The first-order valence-electron chi connectivity index (χ1n) is 10.6. The fourth-order valence-electron chi connectivity index (χ4n) is 4.25. The van der Waals surface area contributed by atoms with Crippen LogP contribution in [-0.2, 0) is 9.59 Å². The van der Waals surface area contributed by atoms with Crippen molar-refractivity contribution >= 4 is 23.2 Å². The molecule has 7 nitrogen and oxygen atoms in total. The molecule has 1 N–H and O–H groups in total. The van der Waals surface area contributed by atoms with Crippen LogP contribution in [0.1, 0.15) is 19.3 Å². The van der Waals surface area contributed by atoms with Gasteiger partial charge in [0.15, 0.2) is 0 Å². The highest BCUT2D eigenvalue weighted by Gasteiger charge is 2.43. The van der Waals surface area contributed by atoms with Gasteiger partial charge >= 0.3 is 6.36 Å². The predicted molar refractivity (Wildman–Crippen MR) is 115 cm³/mol. The predicted octanol–water partition coefficient (Wildman–Crippen LogP) is 3.80. The summed E-state index contributed by atoms with van der Waals surface area (Å²) < 4.78 is 45.9. The second-order valence-electron chi connectivity index (χ2n) is 8.01. The van der Waals surface area contributed by atoms with Crippen molar-refractivity contribution in [3.8, 4) is 11.5 Å². The van der Waals surface area contributed by atoms with Gasteiger partial charge in [-0.3, -0.25) is 14.5 Å². The molecule has 0 saturated carbocycles. The summed E-state index contributed by atoms with van der Waals surface area (Å²) in [5, 5.41) is 3.31. The van der Waals surface area contributed by atoms with Crippen LogP contribution in [0.25, 0.3) is 0 Å². The van der Waals surface area contributed by atoms with Crippen LogP contribution >= 0.6 is 0 Å². The number of nitrogens with one attached hydrogen (secondary N) is 1. The molecule has 2 heterocycles. The van der Waals surface area contributed by atoms with E-state index in [1.54, 1.807) is 43.5 Å². The number of amides is 2. The molecule has 33 heavy (non-hydrogen) atoms. The molecular formula is C23H24F3N3O4. The molecule has 1 atom stereocenters. The number of carbonyl (C=O) groups excluding carboxylic acids is 2. The number of halogens is 3. The van der Waals surface area contributed by atoms with Crippen molar-refractivity contribution in [1.29, 1.82) is 0 Å². The maximum atomic E-state index is 13.0. The summed E-state index contributed by atoms with van der Waals surface area (Å²) >= 11 is 0. The number of piperidine rings is 1. The van der Waals surface area contributed by atoms with E-state index in [1.165, 1.54) is 17.0 Å². The number of methoxy groups -OCH3 is 1. The quantitative estimate of drug-likeness (QED) is 0.658. The molecule has 0 aliphatic carbocycles. The van der Waals surface area contributed by atoms with Crippen molar-refractivity contribution in [2.45, 2.75) is 37.7 Å². The number of anilines is 2. The summed E-state index contributed by atoms with van der Waals surface area (Å²) in [6, 6.07) is 12.0. The Morgan fingerprint density at radius 1 is 0.939 bits per heavy atom. The number of benzene rings is 2. The van der Waals surface area contributed by atoms with Gasteiger partial charge in [-0.25, -0.2) is 4.90 Å². The van der Waals surface area contributed by atoms with Crippen molar-refractivity contribution in [1.82, 2.24) is 4.90 Å². The molecule has 2 fully saturated rings. The third kappa shape index (κ3) is 5.39. The number of likely N-dealkylation sites (tertiary alicyclic amines) is 1. The average Bonchev–Trinajstić information content (AvgIpc) is 3.08. The number of hydrogen-bond donors (Lipinski definition) is 1. The Morgan fingerprint density at radius 2 is 1.55 bits per heavy atom. The molecule has 4 rings (SSSR count). The lowest BCUT2D eigenvalue weighted by molar-refractivity contribution is -0.274. The van der Waals surface area contributed by atoms with E-state index in [0.717, 1.165) is 12.8 Å². The Bertz CT molecular complexity index is 988. The Balaban J connectivity index is 1.31. The summed E-state index contributed by atoms with van der Waals surface area (Å²) in [5.74, 6) is -0.0754. The topological polar surface area (TPSA) is 71.1 Å². The molecule has 0 spiro atoms. The maximum Gasteiger partial charge on any atom is 0.573 e. The number of alkyl halides is 3. The molecule has 2 saturated heterocycles. The Kier molecular flexibility index (Phi) is 6.46. The molecular weight excluding hydrogens is 439 g/mol. The van der Waals surface area contributed by atoms with Crippen LogP contribution in [0.15, 0.2) is 48.5 Å². The van der Waals surface area contributed by atoms with E-state index in [0.29, 0.717) is 30.2 Å². The monoisotopic (exact) mass is 463 g/mol.